The number of hydrogen-bond acceptors (Lipinski definition) is 1. The Hall–Kier alpha value is -0.820. The van der Waals surface area contributed by atoms with E-state index in [1.165, 1.54) is 49.7 Å². The van der Waals surface area contributed by atoms with Gasteiger partial charge in [0, 0.05) is 12.0 Å². The topological polar surface area (TPSA) is 26.0 Å². The van der Waals surface area contributed by atoms with Gasteiger partial charge >= 0.3 is 0 Å². The summed E-state index contributed by atoms with van der Waals surface area (Å²) in [4.78, 5) is 0. The largest absolute Gasteiger partial charge is 0.327 e. The van der Waals surface area contributed by atoms with Gasteiger partial charge in [-0.1, -0.05) is 63.8 Å². The molecular weight excluding hydrogens is 218 g/mol. The lowest BCUT2D eigenvalue weighted by Gasteiger charge is -2.36. The average Bonchev–Trinajstić information content (AvgIpc) is 2.36. The Morgan fingerprint density at radius 2 is 2.06 bits per heavy atom. The van der Waals surface area contributed by atoms with E-state index >= 15 is 0 Å². The summed E-state index contributed by atoms with van der Waals surface area (Å²) in [6, 6.07) is 9.15. The highest BCUT2D eigenvalue weighted by Gasteiger charge is 2.31. The number of nitrogens with two attached hydrogens (primary N) is 1. The fourth-order valence-corrected chi connectivity index (χ4v) is 3.21. The van der Waals surface area contributed by atoms with Crippen molar-refractivity contribution in [3.63, 3.8) is 0 Å². The minimum absolute atomic E-state index is 0.363. The predicted octanol–water partition coefficient (Wildman–Crippen LogP) is 4.26. The summed E-state index contributed by atoms with van der Waals surface area (Å²) in [5, 5.41) is 0. The fraction of sp³-hybridized carbons (Fsp3) is 0.647. The number of unbranched alkanes of at least 4 members (excludes halogenated alkanes) is 1. The summed E-state index contributed by atoms with van der Waals surface area (Å²) in [5.41, 5.74) is 9.47. The third kappa shape index (κ3) is 2.95. The van der Waals surface area contributed by atoms with Gasteiger partial charge in [-0.25, -0.2) is 0 Å². The predicted molar refractivity (Wildman–Crippen MR) is 78.8 cm³/mol. The van der Waals surface area contributed by atoms with E-state index < -0.39 is 0 Å². The molecule has 1 aromatic rings. The highest BCUT2D eigenvalue weighted by atomic mass is 14.7. The lowest BCUT2D eigenvalue weighted by molar-refractivity contribution is 0.343. The molecule has 1 aliphatic rings. The molecule has 0 heterocycles. The zero-order valence-corrected chi connectivity index (χ0v) is 11.9. The van der Waals surface area contributed by atoms with Crippen molar-refractivity contribution >= 4 is 0 Å². The lowest BCUT2D eigenvalue weighted by atomic mass is 9.71. The van der Waals surface area contributed by atoms with E-state index in [2.05, 4.69) is 38.1 Å². The molecule has 0 fully saturated rings. The van der Waals surface area contributed by atoms with Crippen LogP contribution >= 0.6 is 0 Å². The molecular formula is C17H27N. The molecule has 0 saturated carbocycles. The monoisotopic (exact) mass is 245 g/mol. The molecule has 2 rings (SSSR count). The summed E-state index contributed by atoms with van der Waals surface area (Å²) >= 11 is 0. The van der Waals surface area contributed by atoms with Gasteiger partial charge in [0.15, 0.2) is 0 Å². The van der Waals surface area contributed by atoms with E-state index in [0.717, 1.165) is 5.92 Å². The summed E-state index contributed by atoms with van der Waals surface area (Å²) < 4.78 is 0. The van der Waals surface area contributed by atoms with Crippen molar-refractivity contribution in [1.82, 2.24) is 0 Å². The summed E-state index contributed by atoms with van der Waals surface area (Å²) in [6.07, 6.45) is 7.69. The van der Waals surface area contributed by atoms with Crippen LogP contribution in [0, 0.1) is 5.92 Å². The van der Waals surface area contributed by atoms with Crippen LogP contribution in [0.1, 0.15) is 63.0 Å². The Morgan fingerprint density at radius 1 is 1.28 bits per heavy atom. The Labute approximate surface area is 112 Å². The van der Waals surface area contributed by atoms with Crippen molar-refractivity contribution in [3.8, 4) is 0 Å². The van der Waals surface area contributed by atoms with Crippen molar-refractivity contribution in [3.05, 3.63) is 35.4 Å². The standard InChI is InChI=1S/C17H27N/c1-3-5-8-13(4-2)11-17(18)16-12-14-9-6-7-10-15(14)16/h6-7,9-10,13,16-17H,3-5,8,11-12,18H2,1-2H3. The molecule has 2 N–H and O–H groups in total. The molecule has 1 aliphatic carbocycles. The van der Waals surface area contributed by atoms with Crippen LogP contribution in [0.2, 0.25) is 0 Å². The van der Waals surface area contributed by atoms with Crippen molar-refractivity contribution in [2.24, 2.45) is 11.7 Å². The first-order valence-corrected chi connectivity index (χ1v) is 7.59. The Morgan fingerprint density at radius 3 is 2.72 bits per heavy atom. The van der Waals surface area contributed by atoms with Crippen LogP contribution in [0.15, 0.2) is 24.3 Å². The summed E-state index contributed by atoms with van der Waals surface area (Å²) in [6.45, 7) is 4.58. The Kier molecular flexibility index (Phi) is 4.82. The quantitative estimate of drug-likeness (QED) is 0.763. The van der Waals surface area contributed by atoms with Gasteiger partial charge in [-0.15, -0.1) is 0 Å². The molecule has 0 radical (unpaired) electrons. The molecule has 3 unspecified atom stereocenters. The van der Waals surface area contributed by atoms with Gasteiger partial charge in [0.1, 0.15) is 0 Å². The molecule has 1 heteroatoms. The fourth-order valence-electron chi connectivity index (χ4n) is 3.21. The highest BCUT2D eigenvalue weighted by molar-refractivity contribution is 5.41. The van der Waals surface area contributed by atoms with Crippen molar-refractivity contribution in [2.45, 2.75) is 64.3 Å². The molecule has 0 spiro atoms. The maximum atomic E-state index is 6.44. The van der Waals surface area contributed by atoms with Crippen LogP contribution in [0.3, 0.4) is 0 Å². The SMILES string of the molecule is CCCCC(CC)CC(N)C1Cc2ccccc21. The van der Waals surface area contributed by atoms with E-state index in [0.29, 0.717) is 12.0 Å². The third-order valence-electron chi connectivity index (χ3n) is 4.56. The second kappa shape index (κ2) is 6.38. The van der Waals surface area contributed by atoms with Gasteiger partial charge in [0.05, 0.1) is 0 Å². The smallest absolute Gasteiger partial charge is 0.0114 e. The molecule has 1 nitrogen and oxygen atoms in total. The van der Waals surface area contributed by atoms with E-state index in [1.54, 1.807) is 0 Å². The van der Waals surface area contributed by atoms with Gasteiger partial charge in [-0.3, -0.25) is 0 Å². The summed E-state index contributed by atoms with van der Waals surface area (Å²) in [7, 11) is 0. The zero-order valence-electron chi connectivity index (χ0n) is 11.9. The highest BCUT2D eigenvalue weighted by Crippen LogP contribution is 2.38. The number of rotatable bonds is 7. The first-order valence-electron chi connectivity index (χ1n) is 7.59. The maximum Gasteiger partial charge on any atom is 0.0114 e. The number of benzene rings is 1. The Bertz CT molecular complexity index is 372. The van der Waals surface area contributed by atoms with E-state index in [4.69, 9.17) is 5.73 Å². The first-order chi connectivity index (χ1) is 8.76. The average molecular weight is 245 g/mol. The minimum atomic E-state index is 0.363. The summed E-state index contributed by atoms with van der Waals surface area (Å²) in [5.74, 6) is 1.45. The van der Waals surface area contributed by atoms with Crippen molar-refractivity contribution in [2.75, 3.05) is 0 Å². The molecule has 1 aromatic carbocycles. The molecule has 0 aliphatic heterocycles. The number of fused-ring (bicyclic) bond motifs is 1. The van der Waals surface area contributed by atoms with E-state index in [-0.39, 0.29) is 0 Å². The molecule has 18 heavy (non-hydrogen) atoms. The van der Waals surface area contributed by atoms with Gasteiger partial charge in [-0.05, 0) is 29.9 Å². The second-order valence-corrected chi connectivity index (χ2v) is 5.83. The Balaban J connectivity index is 1.87. The van der Waals surface area contributed by atoms with Crippen molar-refractivity contribution < 1.29 is 0 Å². The molecule has 0 amide bonds. The number of hydrogen-bond donors (Lipinski definition) is 1. The molecule has 0 bridgehead atoms. The third-order valence-corrected chi connectivity index (χ3v) is 4.56. The van der Waals surface area contributed by atoms with Gasteiger partial charge in [0.25, 0.3) is 0 Å². The second-order valence-electron chi connectivity index (χ2n) is 5.83. The molecule has 100 valence electrons. The maximum absolute atomic E-state index is 6.44. The lowest BCUT2D eigenvalue weighted by Crippen LogP contribution is -2.37. The van der Waals surface area contributed by atoms with Crippen LogP contribution < -0.4 is 5.73 Å². The molecule has 3 atom stereocenters. The van der Waals surface area contributed by atoms with Crippen LogP contribution in [0.5, 0.6) is 0 Å². The zero-order chi connectivity index (χ0) is 13.0. The van der Waals surface area contributed by atoms with Crippen LogP contribution in [-0.2, 0) is 6.42 Å². The van der Waals surface area contributed by atoms with E-state index in [1.807, 2.05) is 0 Å². The van der Waals surface area contributed by atoms with E-state index in [9.17, 15) is 0 Å². The van der Waals surface area contributed by atoms with Crippen LogP contribution in [0.25, 0.3) is 0 Å². The molecule has 0 aromatic heterocycles. The van der Waals surface area contributed by atoms with Crippen molar-refractivity contribution in [1.29, 1.82) is 0 Å². The first kappa shape index (κ1) is 13.6. The van der Waals surface area contributed by atoms with Crippen LogP contribution in [0.4, 0.5) is 0 Å². The van der Waals surface area contributed by atoms with Crippen LogP contribution in [-0.4, -0.2) is 6.04 Å². The van der Waals surface area contributed by atoms with Gasteiger partial charge < -0.3 is 5.73 Å². The van der Waals surface area contributed by atoms with Gasteiger partial charge in [-0.2, -0.15) is 0 Å². The minimum Gasteiger partial charge on any atom is -0.327 e. The normalized spacial score (nSPS) is 20.9. The molecule has 0 saturated heterocycles. The van der Waals surface area contributed by atoms with Gasteiger partial charge in [0.2, 0.25) is 0 Å².